The van der Waals surface area contributed by atoms with E-state index in [1.165, 1.54) is 10.9 Å². The fourth-order valence-electron chi connectivity index (χ4n) is 2.32. The van der Waals surface area contributed by atoms with Crippen molar-refractivity contribution in [3.05, 3.63) is 30.0 Å². The van der Waals surface area contributed by atoms with Crippen molar-refractivity contribution in [2.45, 2.75) is 46.2 Å². The Morgan fingerprint density at radius 1 is 1.28 bits per heavy atom. The lowest BCUT2D eigenvalue weighted by Gasteiger charge is -2.17. The number of nitrogens with zero attached hydrogens (tertiary/aromatic N) is 2. The molecule has 0 aliphatic carbocycles. The Labute approximate surface area is 109 Å². The fourth-order valence-corrected chi connectivity index (χ4v) is 2.32. The highest BCUT2D eigenvalue weighted by atomic mass is 15.3. The molecule has 18 heavy (non-hydrogen) atoms. The van der Waals surface area contributed by atoms with Gasteiger partial charge in [0.1, 0.15) is 0 Å². The molecule has 2 N–H and O–H groups in total. The number of hydrogen-bond acceptors (Lipinski definition) is 2. The molecule has 0 bridgehead atoms. The minimum atomic E-state index is 0.193. The van der Waals surface area contributed by atoms with Gasteiger partial charge in [0, 0.05) is 24.4 Å². The third-order valence-electron chi connectivity index (χ3n) is 3.84. The maximum Gasteiger partial charge on any atom is 0.0718 e. The Morgan fingerprint density at radius 2 is 2.00 bits per heavy atom. The Balaban J connectivity index is 2.33. The lowest BCUT2D eigenvalue weighted by atomic mass is 9.95. The molecule has 0 amide bonds. The van der Waals surface area contributed by atoms with Gasteiger partial charge in [-0.25, -0.2) is 0 Å². The van der Waals surface area contributed by atoms with Crippen molar-refractivity contribution in [3.63, 3.8) is 0 Å². The molecule has 1 heterocycles. The summed E-state index contributed by atoms with van der Waals surface area (Å²) in [6, 6.07) is 8.60. The Morgan fingerprint density at radius 3 is 2.67 bits per heavy atom. The zero-order valence-electron chi connectivity index (χ0n) is 11.6. The summed E-state index contributed by atoms with van der Waals surface area (Å²) in [5.41, 5.74) is 8.61. The van der Waals surface area contributed by atoms with Crippen LogP contribution in [0.4, 0.5) is 0 Å². The van der Waals surface area contributed by atoms with Crippen LogP contribution in [0, 0.1) is 5.92 Å². The van der Waals surface area contributed by atoms with E-state index >= 15 is 0 Å². The van der Waals surface area contributed by atoms with Crippen LogP contribution in [0.2, 0.25) is 0 Å². The van der Waals surface area contributed by atoms with Gasteiger partial charge in [0.2, 0.25) is 0 Å². The summed E-state index contributed by atoms with van der Waals surface area (Å²) in [5, 5.41) is 5.95. The van der Waals surface area contributed by atoms with Crippen molar-refractivity contribution < 1.29 is 0 Å². The molecule has 0 radical (unpaired) electrons. The van der Waals surface area contributed by atoms with Crippen molar-refractivity contribution in [3.8, 4) is 0 Å². The monoisotopic (exact) mass is 245 g/mol. The summed E-state index contributed by atoms with van der Waals surface area (Å²) < 4.78 is 2.06. The molecule has 3 nitrogen and oxygen atoms in total. The lowest BCUT2D eigenvalue weighted by molar-refractivity contribution is 0.436. The second-order valence-electron chi connectivity index (χ2n) is 5.03. The van der Waals surface area contributed by atoms with E-state index in [0.717, 1.165) is 25.1 Å². The van der Waals surface area contributed by atoms with Crippen LogP contribution in [0.15, 0.2) is 24.3 Å². The predicted octanol–water partition coefficient (Wildman–Crippen LogP) is 2.97. The summed E-state index contributed by atoms with van der Waals surface area (Å²) in [4.78, 5) is 0. The smallest absolute Gasteiger partial charge is 0.0718 e. The molecular formula is C15H23N3. The van der Waals surface area contributed by atoms with Crippen molar-refractivity contribution >= 4 is 10.9 Å². The quantitative estimate of drug-likeness (QED) is 0.880. The van der Waals surface area contributed by atoms with Crippen LogP contribution in [0.5, 0.6) is 0 Å². The number of para-hydroxylation sites is 1. The number of benzene rings is 1. The van der Waals surface area contributed by atoms with Crippen molar-refractivity contribution in [2.24, 2.45) is 11.7 Å². The van der Waals surface area contributed by atoms with Crippen LogP contribution < -0.4 is 5.73 Å². The second-order valence-corrected chi connectivity index (χ2v) is 5.03. The predicted molar refractivity (Wildman–Crippen MR) is 76.5 cm³/mol. The standard InChI is InChI=1S/C15H23N3/c1-4-11(3)13(16)10-14-12-8-6-7-9-15(12)18(5-2)17-14/h6-9,11,13H,4-5,10,16H2,1-3H3. The first-order valence-electron chi connectivity index (χ1n) is 6.87. The zero-order valence-corrected chi connectivity index (χ0v) is 11.6. The van der Waals surface area contributed by atoms with Crippen LogP contribution in [0.1, 0.15) is 32.9 Å². The minimum absolute atomic E-state index is 0.193. The van der Waals surface area contributed by atoms with E-state index in [2.05, 4.69) is 49.7 Å². The van der Waals surface area contributed by atoms with Crippen LogP contribution in [0.3, 0.4) is 0 Å². The van der Waals surface area contributed by atoms with E-state index in [9.17, 15) is 0 Å². The van der Waals surface area contributed by atoms with Gasteiger partial charge in [-0.1, -0.05) is 38.5 Å². The Hall–Kier alpha value is -1.35. The van der Waals surface area contributed by atoms with E-state index in [0.29, 0.717) is 5.92 Å². The van der Waals surface area contributed by atoms with Gasteiger partial charge < -0.3 is 5.73 Å². The van der Waals surface area contributed by atoms with Gasteiger partial charge in [0.15, 0.2) is 0 Å². The van der Waals surface area contributed by atoms with E-state index in [1.54, 1.807) is 0 Å². The first-order valence-corrected chi connectivity index (χ1v) is 6.87. The molecule has 1 aromatic carbocycles. The number of aryl methyl sites for hydroxylation is 1. The van der Waals surface area contributed by atoms with Gasteiger partial charge >= 0.3 is 0 Å². The summed E-state index contributed by atoms with van der Waals surface area (Å²) in [7, 11) is 0. The van der Waals surface area contributed by atoms with Gasteiger partial charge in [0.25, 0.3) is 0 Å². The number of rotatable bonds is 5. The van der Waals surface area contributed by atoms with Crippen molar-refractivity contribution in [1.82, 2.24) is 9.78 Å². The van der Waals surface area contributed by atoms with Gasteiger partial charge in [-0.15, -0.1) is 0 Å². The number of fused-ring (bicyclic) bond motifs is 1. The molecular weight excluding hydrogens is 222 g/mol. The SMILES string of the molecule is CCC(C)C(N)Cc1nn(CC)c2ccccc12. The largest absolute Gasteiger partial charge is 0.327 e. The third-order valence-corrected chi connectivity index (χ3v) is 3.84. The first kappa shape index (κ1) is 13.1. The maximum absolute atomic E-state index is 6.25. The van der Waals surface area contributed by atoms with E-state index in [4.69, 9.17) is 10.8 Å². The van der Waals surface area contributed by atoms with Crippen LogP contribution in [-0.2, 0) is 13.0 Å². The van der Waals surface area contributed by atoms with Crippen LogP contribution in [-0.4, -0.2) is 15.8 Å². The molecule has 2 aromatic rings. The summed E-state index contributed by atoms with van der Waals surface area (Å²) >= 11 is 0. The lowest BCUT2D eigenvalue weighted by Crippen LogP contribution is -2.30. The van der Waals surface area contributed by atoms with Crippen LogP contribution in [0.25, 0.3) is 10.9 Å². The Kier molecular flexibility index (Phi) is 4.02. The molecule has 98 valence electrons. The minimum Gasteiger partial charge on any atom is -0.327 e. The third kappa shape index (κ3) is 2.41. The molecule has 2 atom stereocenters. The van der Waals surface area contributed by atoms with Gasteiger partial charge in [-0.3, -0.25) is 4.68 Å². The topological polar surface area (TPSA) is 43.8 Å². The zero-order chi connectivity index (χ0) is 13.1. The number of nitrogens with two attached hydrogens (primary N) is 1. The average Bonchev–Trinajstić information content (AvgIpc) is 2.76. The summed E-state index contributed by atoms with van der Waals surface area (Å²) in [6.07, 6.45) is 1.98. The fraction of sp³-hybridized carbons (Fsp3) is 0.533. The highest BCUT2D eigenvalue weighted by Crippen LogP contribution is 2.21. The summed E-state index contributed by atoms with van der Waals surface area (Å²) in [5.74, 6) is 0.538. The molecule has 3 heteroatoms. The number of hydrogen-bond donors (Lipinski definition) is 1. The van der Waals surface area contributed by atoms with E-state index < -0.39 is 0 Å². The first-order chi connectivity index (χ1) is 8.67. The molecule has 0 aliphatic rings. The molecule has 0 spiro atoms. The molecule has 1 aromatic heterocycles. The molecule has 0 aliphatic heterocycles. The average molecular weight is 245 g/mol. The molecule has 2 rings (SSSR count). The summed E-state index contributed by atoms with van der Waals surface area (Å²) in [6.45, 7) is 7.42. The van der Waals surface area contributed by atoms with Crippen molar-refractivity contribution in [2.75, 3.05) is 0 Å². The van der Waals surface area contributed by atoms with E-state index in [-0.39, 0.29) is 6.04 Å². The van der Waals surface area contributed by atoms with Crippen molar-refractivity contribution in [1.29, 1.82) is 0 Å². The number of aromatic nitrogens is 2. The van der Waals surface area contributed by atoms with Crippen LogP contribution >= 0.6 is 0 Å². The molecule has 0 saturated carbocycles. The highest BCUT2D eigenvalue weighted by Gasteiger charge is 2.16. The van der Waals surface area contributed by atoms with Gasteiger partial charge in [-0.2, -0.15) is 5.10 Å². The normalized spacial score (nSPS) is 14.9. The molecule has 0 saturated heterocycles. The Bertz CT molecular complexity index is 515. The second kappa shape index (κ2) is 5.53. The van der Waals surface area contributed by atoms with Gasteiger partial charge in [-0.05, 0) is 18.9 Å². The van der Waals surface area contributed by atoms with E-state index in [1.807, 2.05) is 0 Å². The van der Waals surface area contributed by atoms with Gasteiger partial charge in [0.05, 0.1) is 11.2 Å². The molecule has 0 fully saturated rings. The highest BCUT2D eigenvalue weighted by molar-refractivity contribution is 5.82. The maximum atomic E-state index is 6.25. The molecule has 2 unspecified atom stereocenters.